The molecule has 2 nitrogen and oxygen atoms in total. The number of halogens is 1. The Kier molecular flexibility index (Phi) is 2.98. The molecule has 0 amide bonds. The molecule has 3 rings (SSSR count). The zero-order valence-electron chi connectivity index (χ0n) is 10.0. The van der Waals surface area contributed by atoms with Crippen LogP contribution in [0.5, 0.6) is 5.75 Å². The highest BCUT2D eigenvalue weighted by molar-refractivity contribution is 6.50. The Morgan fingerprint density at radius 3 is 2.42 bits per heavy atom. The SMILES string of the molecule is N#CC1=C(Cl)c2ccccc2OC1c1ccccc1. The van der Waals surface area contributed by atoms with Crippen LogP contribution >= 0.6 is 11.6 Å². The molecule has 0 spiro atoms. The molecular weight excluding hydrogens is 258 g/mol. The first kappa shape index (κ1) is 11.8. The van der Waals surface area contributed by atoms with Crippen molar-refractivity contribution in [2.45, 2.75) is 6.10 Å². The highest BCUT2D eigenvalue weighted by Gasteiger charge is 2.28. The van der Waals surface area contributed by atoms with Gasteiger partial charge in [0.05, 0.1) is 10.6 Å². The lowest BCUT2D eigenvalue weighted by Crippen LogP contribution is -2.15. The minimum atomic E-state index is -0.436. The number of para-hydroxylation sites is 1. The van der Waals surface area contributed by atoms with Crippen LogP contribution in [0, 0.1) is 11.3 Å². The summed E-state index contributed by atoms with van der Waals surface area (Å²) in [5.74, 6) is 0.709. The predicted molar refractivity (Wildman–Crippen MR) is 74.6 cm³/mol. The second-order valence-corrected chi connectivity index (χ2v) is 4.62. The summed E-state index contributed by atoms with van der Waals surface area (Å²) in [6.45, 7) is 0. The Hall–Kier alpha value is -2.24. The van der Waals surface area contributed by atoms with E-state index in [1.165, 1.54) is 0 Å². The standard InChI is InChI=1S/C16H10ClNO/c17-15-12-8-4-5-9-14(12)19-16(13(15)10-18)11-6-2-1-3-7-11/h1-9,16H. The topological polar surface area (TPSA) is 33.0 Å². The molecule has 1 atom stereocenters. The first-order chi connectivity index (χ1) is 9.31. The summed E-state index contributed by atoms with van der Waals surface area (Å²) in [6.07, 6.45) is -0.436. The Labute approximate surface area is 116 Å². The van der Waals surface area contributed by atoms with Gasteiger partial charge in [-0.3, -0.25) is 0 Å². The van der Waals surface area contributed by atoms with Crippen molar-refractivity contribution in [2.24, 2.45) is 0 Å². The molecule has 2 aromatic carbocycles. The molecule has 0 saturated heterocycles. The highest BCUT2D eigenvalue weighted by Crippen LogP contribution is 2.43. The van der Waals surface area contributed by atoms with Crippen molar-refractivity contribution in [1.82, 2.24) is 0 Å². The number of benzene rings is 2. The van der Waals surface area contributed by atoms with Gasteiger partial charge in [-0.05, 0) is 17.7 Å². The maximum atomic E-state index is 9.35. The van der Waals surface area contributed by atoms with Gasteiger partial charge in [0.1, 0.15) is 11.8 Å². The molecule has 1 aliphatic rings. The first-order valence-corrected chi connectivity index (χ1v) is 6.30. The molecule has 1 aliphatic heterocycles. The third kappa shape index (κ3) is 1.99. The van der Waals surface area contributed by atoms with Crippen molar-refractivity contribution in [2.75, 3.05) is 0 Å². The Morgan fingerprint density at radius 2 is 1.68 bits per heavy atom. The van der Waals surface area contributed by atoms with Gasteiger partial charge in [0.25, 0.3) is 0 Å². The number of ether oxygens (including phenoxy) is 1. The maximum Gasteiger partial charge on any atom is 0.160 e. The zero-order chi connectivity index (χ0) is 13.2. The number of fused-ring (bicyclic) bond motifs is 1. The lowest BCUT2D eigenvalue weighted by Gasteiger charge is -2.26. The Morgan fingerprint density at radius 1 is 1.00 bits per heavy atom. The van der Waals surface area contributed by atoms with Crippen molar-refractivity contribution in [1.29, 1.82) is 5.26 Å². The summed E-state index contributed by atoms with van der Waals surface area (Å²) in [5.41, 5.74) is 2.14. The van der Waals surface area contributed by atoms with Crippen molar-refractivity contribution < 1.29 is 4.74 Å². The molecule has 3 heteroatoms. The molecule has 0 aromatic heterocycles. The van der Waals surface area contributed by atoms with Gasteiger partial charge in [-0.15, -0.1) is 0 Å². The quantitative estimate of drug-likeness (QED) is 0.772. The van der Waals surface area contributed by atoms with Crippen molar-refractivity contribution in [3.8, 4) is 11.8 Å². The first-order valence-electron chi connectivity index (χ1n) is 5.92. The molecule has 0 radical (unpaired) electrons. The van der Waals surface area contributed by atoms with Crippen molar-refractivity contribution in [3.05, 3.63) is 71.3 Å². The van der Waals surface area contributed by atoms with Gasteiger partial charge >= 0.3 is 0 Å². The van der Waals surface area contributed by atoms with E-state index in [-0.39, 0.29) is 0 Å². The van der Waals surface area contributed by atoms with E-state index in [1.54, 1.807) is 0 Å². The molecule has 0 N–H and O–H groups in total. The van der Waals surface area contributed by atoms with E-state index in [0.29, 0.717) is 16.4 Å². The van der Waals surface area contributed by atoms with E-state index in [0.717, 1.165) is 11.1 Å². The normalized spacial score (nSPS) is 17.4. The van der Waals surface area contributed by atoms with Gasteiger partial charge < -0.3 is 4.74 Å². The van der Waals surface area contributed by atoms with E-state index in [9.17, 15) is 5.26 Å². The summed E-state index contributed by atoms with van der Waals surface area (Å²) in [4.78, 5) is 0. The molecule has 19 heavy (non-hydrogen) atoms. The van der Waals surface area contributed by atoms with Gasteiger partial charge in [0, 0.05) is 5.56 Å². The fourth-order valence-electron chi connectivity index (χ4n) is 2.17. The summed E-state index contributed by atoms with van der Waals surface area (Å²) in [5, 5.41) is 9.82. The van der Waals surface area contributed by atoms with Crippen molar-refractivity contribution >= 4 is 16.6 Å². The lowest BCUT2D eigenvalue weighted by atomic mass is 9.97. The summed E-state index contributed by atoms with van der Waals surface area (Å²) < 4.78 is 5.93. The fraction of sp³-hybridized carbons (Fsp3) is 0.0625. The zero-order valence-corrected chi connectivity index (χ0v) is 10.8. The van der Waals surface area contributed by atoms with Gasteiger partial charge in [0.15, 0.2) is 6.10 Å². The van der Waals surface area contributed by atoms with Crippen LogP contribution in [-0.4, -0.2) is 0 Å². The average Bonchev–Trinajstić information content (AvgIpc) is 2.48. The molecule has 0 bridgehead atoms. The van der Waals surface area contributed by atoms with Crippen LogP contribution in [0.2, 0.25) is 0 Å². The minimum absolute atomic E-state index is 0.436. The van der Waals surface area contributed by atoms with E-state index in [1.807, 2.05) is 54.6 Å². The van der Waals surface area contributed by atoms with Crippen LogP contribution in [-0.2, 0) is 0 Å². The molecular formula is C16H10ClNO. The number of nitriles is 1. The molecule has 2 aromatic rings. The highest BCUT2D eigenvalue weighted by atomic mass is 35.5. The van der Waals surface area contributed by atoms with Crippen LogP contribution in [0.15, 0.2) is 60.2 Å². The molecule has 92 valence electrons. The summed E-state index contributed by atoms with van der Waals surface area (Å²) in [6, 6.07) is 19.3. The monoisotopic (exact) mass is 267 g/mol. The second-order valence-electron chi connectivity index (χ2n) is 4.24. The van der Waals surface area contributed by atoms with Crippen LogP contribution < -0.4 is 4.74 Å². The van der Waals surface area contributed by atoms with Crippen LogP contribution in [0.3, 0.4) is 0 Å². The van der Waals surface area contributed by atoms with Crippen LogP contribution in [0.25, 0.3) is 5.03 Å². The van der Waals surface area contributed by atoms with Crippen molar-refractivity contribution in [3.63, 3.8) is 0 Å². The summed E-state index contributed by atoms with van der Waals surface area (Å²) >= 11 is 6.34. The largest absolute Gasteiger partial charge is 0.479 e. The number of rotatable bonds is 1. The predicted octanol–water partition coefficient (Wildman–Crippen LogP) is 4.29. The fourth-order valence-corrected chi connectivity index (χ4v) is 2.46. The van der Waals surface area contributed by atoms with Gasteiger partial charge in [-0.1, -0.05) is 54.1 Å². The third-order valence-electron chi connectivity index (χ3n) is 3.09. The summed E-state index contributed by atoms with van der Waals surface area (Å²) in [7, 11) is 0. The van der Waals surface area contributed by atoms with Gasteiger partial charge in [-0.2, -0.15) is 5.26 Å². The molecule has 1 heterocycles. The van der Waals surface area contributed by atoms with E-state index >= 15 is 0 Å². The van der Waals surface area contributed by atoms with E-state index < -0.39 is 6.10 Å². The number of nitrogens with zero attached hydrogens (tertiary/aromatic N) is 1. The molecule has 0 saturated carbocycles. The molecule has 0 fully saturated rings. The second kappa shape index (κ2) is 4.79. The third-order valence-corrected chi connectivity index (χ3v) is 3.50. The smallest absolute Gasteiger partial charge is 0.160 e. The van der Waals surface area contributed by atoms with Gasteiger partial charge in [0.2, 0.25) is 0 Å². The molecule has 0 aliphatic carbocycles. The van der Waals surface area contributed by atoms with E-state index in [2.05, 4.69) is 6.07 Å². The van der Waals surface area contributed by atoms with Crippen LogP contribution in [0.4, 0.5) is 0 Å². The van der Waals surface area contributed by atoms with E-state index in [4.69, 9.17) is 16.3 Å². The Balaban J connectivity index is 2.16. The van der Waals surface area contributed by atoms with Gasteiger partial charge in [-0.25, -0.2) is 0 Å². The Bertz CT molecular complexity index is 685. The minimum Gasteiger partial charge on any atom is -0.479 e. The van der Waals surface area contributed by atoms with Crippen LogP contribution in [0.1, 0.15) is 17.2 Å². The maximum absolute atomic E-state index is 9.35. The lowest BCUT2D eigenvalue weighted by molar-refractivity contribution is 0.243. The number of hydrogen-bond donors (Lipinski definition) is 0. The average molecular weight is 268 g/mol. The number of hydrogen-bond acceptors (Lipinski definition) is 2. The molecule has 1 unspecified atom stereocenters.